The van der Waals surface area contributed by atoms with Crippen molar-refractivity contribution < 1.29 is 26.3 Å². The first-order valence-corrected chi connectivity index (χ1v) is 8.52. The zero-order chi connectivity index (χ0) is 20.6. The van der Waals surface area contributed by atoms with Crippen LogP contribution in [-0.4, -0.2) is 0 Å². The Hall–Kier alpha value is -2.76. The summed E-state index contributed by atoms with van der Waals surface area (Å²) < 4.78 is 83.8. The number of hydrogen-bond acceptors (Lipinski definition) is 0. The third kappa shape index (κ3) is 3.91. The Kier molecular flexibility index (Phi) is 5.49. The summed E-state index contributed by atoms with van der Waals surface area (Å²) in [5.41, 5.74) is -0.238. The highest BCUT2D eigenvalue weighted by Crippen LogP contribution is 2.24. The maximum Gasteiger partial charge on any atom is 0.162 e. The van der Waals surface area contributed by atoms with Crippen LogP contribution in [0.4, 0.5) is 26.3 Å². The molecular formula is C22H16F6. The molecule has 0 radical (unpaired) electrons. The standard InChI is InChI=1S/C22H16F6/c1-11-3-4-15(22(28)21(11)27)5-13-9-19(25)16(20(26)10-13)6-14-7-17(23)12(2)18(24)8-14/h3-4,7-10H,5-6H2,1-2H3. The van der Waals surface area contributed by atoms with E-state index in [1.807, 2.05) is 0 Å². The van der Waals surface area contributed by atoms with Crippen molar-refractivity contribution in [2.24, 2.45) is 0 Å². The first-order valence-electron chi connectivity index (χ1n) is 8.52. The van der Waals surface area contributed by atoms with Gasteiger partial charge in [0.05, 0.1) is 0 Å². The molecule has 0 saturated carbocycles. The summed E-state index contributed by atoms with van der Waals surface area (Å²) in [6.45, 7) is 2.67. The van der Waals surface area contributed by atoms with Crippen LogP contribution in [0.3, 0.4) is 0 Å². The predicted molar refractivity (Wildman–Crippen MR) is 94.2 cm³/mol. The normalized spacial score (nSPS) is 11.1. The average molecular weight is 394 g/mol. The van der Waals surface area contributed by atoms with E-state index < -0.39 is 34.9 Å². The van der Waals surface area contributed by atoms with Gasteiger partial charge in [0.15, 0.2) is 11.6 Å². The Morgan fingerprint density at radius 2 is 1.11 bits per heavy atom. The number of hydrogen-bond donors (Lipinski definition) is 0. The molecule has 0 nitrogen and oxygen atoms in total. The maximum atomic E-state index is 14.4. The van der Waals surface area contributed by atoms with Crippen LogP contribution in [0.25, 0.3) is 0 Å². The van der Waals surface area contributed by atoms with E-state index in [-0.39, 0.29) is 46.2 Å². The quantitative estimate of drug-likeness (QED) is 0.454. The molecule has 0 atom stereocenters. The monoisotopic (exact) mass is 394 g/mol. The molecule has 0 saturated heterocycles. The Balaban J connectivity index is 1.90. The predicted octanol–water partition coefficient (Wildman–Crippen LogP) is 6.32. The number of rotatable bonds is 4. The van der Waals surface area contributed by atoms with Crippen LogP contribution in [-0.2, 0) is 12.8 Å². The van der Waals surface area contributed by atoms with E-state index in [0.29, 0.717) is 0 Å². The van der Waals surface area contributed by atoms with Crippen molar-refractivity contribution in [1.29, 1.82) is 0 Å². The van der Waals surface area contributed by atoms with Gasteiger partial charge in [0, 0.05) is 24.0 Å². The lowest BCUT2D eigenvalue weighted by Crippen LogP contribution is -2.03. The fourth-order valence-corrected chi connectivity index (χ4v) is 2.97. The van der Waals surface area contributed by atoms with Gasteiger partial charge in [-0.05, 0) is 60.4 Å². The van der Waals surface area contributed by atoms with Gasteiger partial charge in [-0.25, -0.2) is 26.3 Å². The van der Waals surface area contributed by atoms with Crippen molar-refractivity contribution in [3.8, 4) is 0 Å². The van der Waals surface area contributed by atoms with Crippen LogP contribution in [0.5, 0.6) is 0 Å². The second-order valence-corrected chi connectivity index (χ2v) is 6.75. The van der Waals surface area contributed by atoms with E-state index in [0.717, 1.165) is 24.3 Å². The Morgan fingerprint density at radius 3 is 1.68 bits per heavy atom. The summed E-state index contributed by atoms with van der Waals surface area (Å²) in [5.74, 6) is -5.52. The lowest BCUT2D eigenvalue weighted by Gasteiger charge is -2.11. The second-order valence-electron chi connectivity index (χ2n) is 6.75. The summed E-state index contributed by atoms with van der Waals surface area (Å²) in [5, 5.41) is 0. The van der Waals surface area contributed by atoms with Gasteiger partial charge in [-0.15, -0.1) is 0 Å². The molecule has 3 aromatic carbocycles. The van der Waals surface area contributed by atoms with E-state index in [2.05, 4.69) is 0 Å². The van der Waals surface area contributed by atoms with E-state index >= 15 is 0 Å². The molecule has 0 spiro atoms. The molecule has 0 amide bonds. The van der Waals surface area contributed by atoms with Gasteiger partial charge in [0.25, 0.3) is 0 Å². The minimum atomic E-state index is -1.06. The molecule has 0 aliphatic carbocycles. The summed E-state index contributed by atoms with van der Waals surface area (Å²) in [6.07, 6.45) is -0.551. The molecule has 0 bridgehead atoms. The lowest BCUT2D eigenvalue weighted by molar-refractivity contribution is 0.495. The van der Waals surface area contributed by atoms with Crippen LogP contribution < -0.4 is 0 Å². The van der Waals surface area contributed by atoms with Crippen molar-refractivity contribution >= 4 is 0 Å². The SMILES string of the molecule is Cc1ccc(Cc2cc(F)c(Cc3cc(F)c(C)c(F)c3)c(F)c2)c(F)c1F. The zero-order valence-corrected chi connectivity index (χ0v) is 15.1. The van der Waals surface area contributed by atoms with E-state index in [9.17, 15) is 26.3 Å². The molecule has 146 valence electrons. The van der Waals surface area contributed by atoms with Crippen molar-refractivity contribution in [1.82, 2.24) is 0 Å². The van der Waals surface area contributed by atoms with E-state index in [1.165, 1.54) is 26.0 Å². The smallest absolute Gasteiger partial charge is 0.162 e. The van der Waals surface area contributed by atoms with Crippen molar-refractivity contribution in [3.05, 3.63) is 105 Å². The minimum Gasteiger partial charge on any atom is -0.207 e. The van der Waals surface area contributed by atoms with Crippen LogP contribution >= 0.6 is 0 Å². The first-order chi connectivity index (χ1) is 13.2. The van der Waals surface area contributed by atoms with Gasteiger partial charge in [-0.2, -0.15) is 0 Å². The summed E-state index contributed by atoms with van der Waals surface area (Å²) in [6, 6.07) is 6.81. The molecule has 0 aliphatic rings. The molecule has 0 N–H and O–H groups in total. The van der Waals surface area contributed by atoms with Crippen LogP contribution in [0.1, 0.15) is 33.4 Å². The fourth-order valence-electron chi connectivity index (χ4n) is 2.97. The van der Waals surface area contributed by atoms with E-state index in [4.69, 9.17) is 0 Å². The molecule has 0 unspecified atom stereocenters. The highest BCUT2D eigenvalue weighted by atomic mass is 19.2. The van der Waals surface area contributed by atoms with Crippen molar-refractivity contribution in [2.75, 3.05) is 0 Å². The number of halogens is 6. The minimum absolute atomic E-state index is 0.0303. The van der Waals surface area contributed by atoms with Crippen molar-refractivity contribution in [3.63, 3.8) is 0 Å². The first kappa shape index (κ1) is 20.0. The topological polar surface area (TPSA) is 0 Å². The molecule has 3 rings (SSSR count). The molecule has 0 heterocycles. The lowest BCUT2D eigenvalue weighted by atomic mass is 9.97. The number of benzene rings is 3. The Morgan fingerprint density at radius 1 is 0.607 bits per heavy atom. The third-order valence-electron chi connectivity index (χ3n) is 4.67. The van der Waals surface area contributed by atoms with Gasteiger partial charge >= 0.3 is 0 Å². The highest BCUT2D eigenvalue weighted by molar-refractivity contribution is 5.36. The van der Waals surface area contributed by atoms with Gasteiger partial charge < -0.3 is 0 Å². The van der Waals surface area contributed by atoms with Crippen molar-refractivity contribution in [2.45, 2.75) is 26.7 Å². The molecular weight excluding hydrogens is 378 g/mol. The summed E-state index contributed by atoms with van der Waals surface area (Å²) in [4.78, 5) is 0. The van der Waals surface area contributed by atoms with Gasteiger partial charge in [-0.1, -0.05) is 12.1 Å². The largest absolute Gasteiger partial charge is 0.207 e. The summed E-state index contributed by atoms with van der Waals surface area (Å²) in [7, 11) is 0. The molecule has 0 aliphatic heterocycles. The zero-order valence-electron chi connectivity index (χ0n) is 15.1. The molecule has 0 fully saturated rings. The second kappa shape index (κ2) is 7.70. The van der Waals surface area contributed by atoms with Crippen LogP contribution in [0.15, 0.2) is 36.4 Å². The number of aryl methyl sites for hydroxylation is 1. The summed E-state index contributed by atoms with van der Waals surface area (Å²) >= 11 is 0. The molecule has 3 aromatic rings. The molecule has 28 heavy (non-hydrogen) atoms. The molecule has 0 aromatic heterocycles. The Bertz CT molecular complexity index is 1010. The van der Waals surface area contributed by atoms with Gasteiger partial charge in [0.1, 0.15) is 23.3 Å². The van der Waals surface area contributed by atoms with E-state index in [1.54, 1.807) is 0 Å². The highest BCUT2D eigenvalue weighted by Gasteiger charge is 2.17. The third-order valence-corrected chi connectivity index (χ3v) is 4.67. The molecule has 6 heteroatoms. The van der Waals surface area contributed by atoms with Gasteiger partial charge in [0.2, 0.25) is 0 Å². The fraction of sp³-hybridized carbons (Fsp3) is 0.182. The van der Waals surface area contributed by atoms with Crippen LogP contribution in [0.2, 0.25) is 0 Å². The van der Waals surface area contributed by atoms with Gasteiger partial charge in [-0.3, -0.25) is 0 Å². The average Bonchev–Trinajstić information content (AvgIpc) is 2.63. The van der Waals surface area contributed by atoms with Crippen LogP contribution in [0, 0.1) is 48.8 Å². The Labute approximate surface area is 158 Å². The maximum absolute atomic E-state index is 14.4.